The van der Waals surface area contributed by atoms with Crippen LogP contribution in [-0.2, 0) is 11.3 Å². The first-order chi connectivity index (χ1) is 13.1. The van der Waals surface area contributed by atoms with E-state index in [0.717, 1.165) is 11.1 Å². The largest absolute Gasteiger partial charge is 0.325 e. The van der Waals surface area contributed by atoms with Crippen LogP contribution in [0.25, 0.3) is 11.4 Å². The second-order valence-corrected chi connectivity index (χ2v) is 7.05. The van der Waals surface area contributed by atoms with Crippen molar-refractivity contribution in [3.63, 3.8) is 0 Å². The van der Waals surface area contributed by atoms with Gasteiger partial charge in [0.25, 0.3) is 0 Å². The molecule has 1 amide bonds. The van der Waals surface area contributed by atoms with Crippen molar-refractivity contribution in [2.24, 2.45) is 0 Å². The SMILES string of the molecule is C=CCn1c(SCC(=O)Nc2cccc(Cl)c2C)nnc1-c1cccnc1. The quantitative estimate of drug-likeness (QED) is 0.475. The number of anilines is 1. The van der Waals surface area contributed by atoms with E-state index < -0.39 is 0 Å². The first-order valence-corrected chi connectivity index (χ1v) is 9.58. The highest BCUT2D eigenvalue weighted by molar-refractivity contribution is 7.99. The van der Waals surface area contributed by atoms with Gasteiger partial charge in [-0.2, -0.15) is 0 Å². The molecule has 0 fully saturated rings. The summed E-state index contributed by atoms with van der Waals surface area (Å²) in [4.78, 5) is 16.5. The van der Waals surface area contributed by atoms with E-state index in [9.17, 15) is 4.79 Å². The Bertz CT molecular complexity index is 958. The number of nitrogens with one attached hydrogen (secondary N) is 1. The average molecular weight is 400 g/mol. The Morgan fingerprint density at radius 1 is 1.33 bits per heavy atom. The highest BCUT2D eigenvalue weighted by Gasteiger charge is 2.15. The molecule has 2 heterocycles. The number of thioether (sulfide) groups is 1. The Morgan fingerprint density at radius 2 is 2.19 bits per heavy atom. The van der Waals surface area contributed by atoms with Gasteiger partial charge in [-0.1, -0.05) is 35.5 Å². The van der Waals surface area contributed by atoms with Crippen molar-refractivity contribution in [3.8, 4) is 11.4 Å². The van der Waals surface area contributed by atoms with Gasteiger partial charge in [0.1, 0.15) is 0 Å². The van der Waals surface area contributed by atoms with Gasteiger partial charge in [0.15, 0.2) is 11.0 Å². The second-order valence-electron chi connectivity index (χ2n) is 5.70. The van der Waals surface area contributed by atoms with Crippen molar-refractivity contribution >= 4 is 35.0 Å². The first-order valence-electron chi connectivity index (χ1n) is 8.22. The molecule has 1 N–H and O–H groups in total. The van der Waals surface area contributed by atoms with Gasteiger partial charge >= 0.3 is 0 Å². The van der Waals surface area contributed by atoms with Crippen LogP contribution in [0.3, 0.4) is 0 Å². The van der Waals surface area contributed by atoms with Crippen LogP contribution in [0.4, 0.5) is 5.69 Å². The maximum absolute atomic E-state index is 12.3. The van der Waals surface area contributed by atoms with Gasteiger partial charge in [-0.3, -0.25) is 14.3 Å². The first kappa shape index (κ1) is 19.1. The van der Waals surface area contributed by atoms with Gasteiger partial charge in [-0.05, 0) is 36.8 Å². The molecule has 0 aliphatic heterocycles. The molecule has 0 aliphatic carbocycles. The van der Waals surface area contributed by atoms with Gasteiger partial charge in [0.05, 0.1) is 5.75 Å². The predicted molar refractivity (Wildman–Crippen MR) is 109 cm³/mol. The molecule has 3 rings (SSSR count). The van der Waals surface area contributed by atoms with E-state index in [4.69, 9.17) is 11.6 Å². The molecule has 0 saturated carbocycles. The number of carbonyl (C=O) groups is 1. The average Bonchev–Trinajstić information content (AvgIpc) is 3.07. The fraction of sp³-hybridized carbons (Fsp3) is 0.158. The summed E-state index contributed by atoms with van der Waals surface area (Å²) < 4.78 is 1.91. The smallest absolute Gasteiger partial charge is 0.234 e. The molecule has 0 saturated heterocycles. The lowest BCUT2D eigenvalue weighted by Gasteiger charge is -2.10. The van der Waals surface area contributed by atoms with Crippen molar-refractivity contribution in [2.45, 2.75) is 18.6 Å². The summed E-state index contributed by atoms with van der Waals surface area (Å²) in [6, 6.07) is 9.18. The number of hydrogen-bond donors (Lipinski definition) is 1. The highest BCUT2D eigenvalue weighted by atomic mass is 35.5. The van der Waals surface area contributed by atoms with E-state index in [2.05, 4.69) is 27.1 Å². The normalized spacial score (nSPS) is 10.6. The molecule has 6 nitrogen and oxygen atoms in total. The van der Waals surface area contributed by atoms with Crippen molar-refractivity contribution < 1.29 is 4.79 Å². The molecule has 138 valence electrons. The maximum Gasteiger partial charge on any atom is 0.234 e. The number of amides is 1. The molecule has 3 aromatic rings. The fourth-order valence-corrected chi connectivity index (χ4v) is 3.38. The van der Waals surface area contributed by atoms with Crippen LogP contribution in [0.15, 0.2) is 60.5 Å². The van der Waals surface area contributed by atoms with Crippen molar-refractivity contribution in [2.75, 3.05) is 11.1 Å². The molecule has 0 unspecified atom stereocenters. The molecular formula is C19H18ClN5OS. The van der Waals surface area contributed by atoms with Gasteiger partial charge in [0, 0.05) is 35.2 Å². The third-order valence-electron chi connectivity index (χ3n) is 3.82. The number of hydrogen-bond acceptors (Lipinski definition) is 5. The topological polar surface area (TPSA) is 72.7 Å². The van der Waals surface area contributed by atoms with E-state index in [1.807, 2.05) is 29.7 Å². The van der Waals surface area contributed by atoms with Gasteiger partial charge < -0.3 is 5.32 Å². The Morgan fingerprint density at radius 3 is 2.93 bits per heavy atom. The molecule has 0 radical (unpaired) electrons. The van der Waals surface area contributed by atoms with Crippen LogP contribution in [0.2, 0.25) is 5.02 Å². The number of carbonyl (C=O) groups excluding carboxylic acids is 1. The summed E-state index contributed by atoms with van der Waals surface area (Å²) >= 11 is 7.41. The summed E-state index contributed by atoms with van der Waals surface area (Å²) in [7, 11) is 0. The summed E-state index contributed by atoms with van der Waals surface area (Å²) in [5, 5.41) is 12.6. The van der Waals surface area contributed by atoms with Crippen molar-refractivity contribution in [1.29, 1.82) is 0 Å². The standard InChI is InChI=1S/C19H18ClN5OS/c1-3-10-25-18(14-6-5-9-21-11-14)23-24-19(25)27-12-17(26)22-16-8-4-7-15(20)13(16)2/h3-9,11H,1,10,12H2,2H3,(H,22,26). The Kier molecular flexibility index (Phi) is 6.26. The second kappa shape index (κ2) is 8.83. The number of aromatic nitrogens is 4. The molecule has 1 aromatic carbocycles. The number of pyridine rings is 1. The highest BCUT2D eigenvalue weighted by Crippen LogP contribution is 2.25. The summed E-state index contributed by atoms with van der Waals surface area (Å²) in [6.07, 6.45) is 5.20. The lowest BCUT2D eigenvalue weighted by molar-refractivity contribution is -0.113. The van der Waals surface area contributed by atoms with E-state index in [0.29, 0.717) is 28.2 Å². The van der Waals surface area contributed by atoms with Crippen LogP contribution in [0.5, 0.6) is 0 Å². The van der Waals surface area contributed by atoms with Crippen LogP contribution >= 0.6 is 23.4 Å². The predicted octanol–water partition coefficient (Wildman–Crippen LogP) is 4.22. The number of nitrogens with zero attached hydrogens (tertiary/aromatic N) is 4. The molecule has 0 spiro atoms. The van der Waals surface area contributed by atoms with Crippen LogP contribution in [0.1, 0.15) is 5.56 Å². The molecule has 2 aromatic heterocycles. The molecular weight excluding hydrogens is 382 g/mol. The Hall–Kier alpha value is -2.64. The van der Waals surface area contributed by atoms with Crippen molar-refractivity contribution in [1.82, 2.24) is 19.7 Å². The zero-order valence-electron chi connectivity index (χ0n) is 14.7. The summed E-state index contributed by atoms with van der Waals surface area (Å²) in [6.45, 7) is 6.19. The zero-order valence-corrected chi connectivity index (χ0v) is 16.3. The van der Waals surface area contributed by atoms with Crippen LogP contribution < -0.4 is 5.32 Å². The number of benzene rings is 1. The zero-order chi connectivity index (χ0) is 19.2. The number of rotatable bonds is 7. The van der Waals surface area contributed by atoms with Gasteiger partial charge in [-0.25, -0.2) is 0 Å². The van der Waals surface area contributed by atoms with Crippen LogP contribution in [-0.4, -0.2) is 31.4 Å². The van der Waals surface area contributed by atoms with E-state index in [-0.39, 0.29) is 11.7 Å². The molecule has 0 aliphatic rings. The minimum atomic E-state index is -0.138. The molecule has 0 bridgehead atoms. The third-order valence-corrected chi connectivity index (χ3v) is 5.20. The minimum absolute atomic E-state index is 0.138. The monoisotopic (exact) mass is 399 g/mol. The summed E-state index contributed by atoms with van der Waals surface area (Å²) in [5.41, 5.74) is 2.40. The van der Waals surface area contributed by atoms with Gasteiger partial charge in [-0.15, -0.1) is 16.8 Å². The van der Waals surface area contributed by atoms with Gasteiger partial charge in [0.2, 0.25) is 5.91 Å². The van der Waals surface area contributed by atoms with E-state index in [1.54, 1.807) is 30.6 Å². The maximum atomic E-state index is 12.3. The molecule has 8 heteroatoms. The van der Waals surface area contributed by atoms with Crippen LogP contribution in [0, 0.1) is 6.92 Å². The number of allylic oxidation sites excluding steroid dienone is 1. The third kappa shape index (κ3) is 4.56. The van der Waals surface area contributed by atoms with E-state index in [1.165, 1.54) is 11.8 Å². The Balaban J connectivity index is 1.72. The number of halogens is 1. The summed E-state index contributed by atoms with van der Waals surface area (Å²) in [5.74, 6) is 0.756. The minimum Gasteiger partial charge on any atom is -0.325 e. The van der Waals surface area contributed by atoms with Crippen molar-refractivity contribution in [3.05, 3.63) is 66.0 Å². The molecule has 0 atom stereocenters. The Labute approximate surface area is 166 Å². The lowest BCUT2D eigenvalue weighted by atomic mass is 10.2. The lowest BCUT2D eigenvalue weighted by Crippen LogP contribution is -2.15. The van der Waals surface area contributed by atoms with E-state index >= 15 is 0 Å². The molecule has 27 heavy (non-hydrogen) atoms. The fourth-order valence-electron chi connectivity index (χ4n) is 2.46.